The highest BCUT2D eigenvalue weighted by Crippen LogP contribution is 2.28. The number of nitrogens with one attached hydrogen (secondary N) is 1. The van der Waals surface area contributed by atoms with E-state index in [0.717, 1.165) is 11.1 Å². The topological polar surface area (TPSA) is 59.1 Å². The minimum Gasteiger partial charge on any atom is -0.356 e. The zero-order chi connectivity index (χ0) is 15.5. The van der Waals surface area contributed by atoms with Gasteiger partial charge in [0.15, 0.2) is 5.78 Å². The van der Waals surface area contributed by atoms with Crippen molar-refractivity contribution in [2.24, 2.45) is 5.92 Å². The Kier molecular flexibility index (Phi) is 4.20. The van der Waals surface area contributed by atoms with Gasteiger partial charge in [0.25, 0.3) is 0 Å². The van der Waals surface area contributed by atoms with Gasteiger partial charge in [-0.1, -0.05) is 29.8 Å². The molecule has 1 unspecified atom stereocenters. The van der Waals surface area contributed by atoms with Crippen molar-refractivity contribution in [3.8, 4) is 11.1 Å². The number of benzene rings is 1. The largest absolute Gasteiger partial charge is 0.356 e. The van der Waals surface area contributed by atoms with Gasteiger partial charge >= 0.3 is 0 Å². The van der Waals surface area contributed by atoms with Gasteiger partial charge in [0.1, 0.15) is 0 Å². The fraction of sp³-hybridized carbons (Fsp3) is 0.235. The maximum Gasteiger partial charge on any atom is 0.223 e. The van der Waals surface area contributed by atoms with Crippen molar-refractivity contribution in [1.82, 2.24) is 10.3 Å². The lowest BCUT2D eigenvalue weighted by atomic mass is 9.96. The summed E-state index contributed by atoms with van der Waals surface area (Å²) in [7, 11) is 0. The zero-order valence-corrected chi connectivity index (χ0v) is 12.6. The van der Waals surface area contributed by atoms with Crippen LogP contribution in [0.3, 0.4) is 0 Å². The summed E-state index contributed by atoms with van der Waals surface area (Å²) in [5, 5.41) is 3.36. The molecule has 1 fully saturated rings. The second-order valence-corrected chi connectivity index (χ2v) is 5.75. The summed E-state index contributed by atoms with van der Waals surface area (Å²) < 4.78 is 0. The minimum absolute atomic E-state index is 0.0384. The van der Waals surface area contributed by atoms with Crippen LogP contribution in [0.2, 0.25) is 5.02 Å². The van der Waals surface area contributed by atoms with E-state index in [-0.39, 0.29) is 24.0 Å². The number of pyridine rings is 1. The number of halogens is 1. The van der Waals surface area contributed by atoms with E-state index in [0.29, 0.717) is 23.6 Å². The fourth-order valence-electron chi connectivity index (χ4n) is 2.62. The van der Waals surface area contributed by atoms with Crippen LogP contribution in [0.1, 0.15) is 23.2 Å². The van der Waals surface area contributed by atoms with Crippen molar-refractivity contribution in [3.05, 3.63) is 53.3 Å². The van der Waals surface area contributed by atoms with Crippen LogP contribution < -0.4 is 5.32 Å². The standard InChI is InChI=1S/C17H15ClN2O2/c18-15-4-2-1-3-14(15)12-7-13(10-19-9-12)16(21)8-11-5-6-20-17(11)22/h1-4,7,9-11H,5-6,8H2,(H,20,22). The van der Waals surface area contributed by atoms with Crippen LogP contribution in [0.25, 0.3) is 11.1 Å². The van der Waals surface area contributed by atoms with Crippen molar-refractivity contribution in [2.75, 3.05) is 6.54 Å². The van der Waals surface area contributed by atoms with Crippen molar-refractivity contribution >= 4 is 23.3 Å². The molecule has 1 aromatic carbocycles. The number of Topliss-reactive ketones (excluding diaryl/α,β-unsaturated/α-hetero) is 1. The molecular weight excluding hydrogens is 300 g/mol. The Morgan fingerprint density at radius 1 is 1.32 bits per heavy atom. The Hall–Kier alpha value is -2.20. The van der Waals surface area contributed by atoms with Crippen LogP contribution >= 0.6 is 11.6 Å². The van der Waals surface area contributed by atoms with Crippen molar-refractivity contribution in [1.29, 1.82) is 0 Å². The molecule has 1 N–H and O–H groups in total. The Morgan fingerprint density at radius 2 is 2.14 bits per heavy atom. The first-order valence-electron chi connectivity index (χ1n) is 7.16. The average molecular weight is 315 g/mol. The van der Waals surface area contributed by atoms with Gasteiger partial charge in [0.2, 0.25) is 5.91 Å². The highest BCUT2D eigenvalue weighted by Gasteiger charge is 2.27. The third kappa shape index (κ3) is 3.02. The molecule has 5 heteroatoms. The maximum absolute atomic E-state index is 12.4. The van der Waals surface area contributed by atoms with Crippen LogP contribution in [0.15, 0.2) is 42.7 Å². The van der Waals surface area contributed by atoms with E-state index in [1.807, 2.05) is 18.2 Å². The molecule has 0 saturated carbocycles. The normalized spacial score (nSPS) is 17.3. The first kappa shape index (κ1) is 14.7. The van der Waals surface area contributed by atoms with E-state index in [1.54, 1.807) is 18.3 Å². The van der Waals surface area contributed by atoms with E-state index in [1.165, 1.54) is 6.20 Å². The number of nitrogens with zero attached hydrogens (tertiary/aromatic N) is 1. The molecule has 0 bridgehead atoms. The van der Waals surface area contributed by atoms with Gasteiger partial charge in [-0.3, -0.25) is 14.6 Å². The van der Waals surface area contributed by atoms with Gasteiger partial charge in [-0.25, -0.2) is 0 Å². The summed E-state index contributed by atoms with van der Waals surface area (Å²) >= 11 is 6.18. The number of hydrogen-bond acceptors (Lipinski definition) is 3. The summed E-state index contributed by atoms with van der Waals surface area (Å²) in [6, 6.07) is 9.21. The molecule has 4 nitrogen and oxygen atoms in total. The molecule has 1 atom stereocenters. The average Bonchev–Trinajstić information content (AvgIpc) is 2.93. The van der Waals surface area contributed by atoms with Gasteiger partial charge in [0, 0.05) is 53.0 Å². The lowest BCUT2D eigenvalue weighted by molar-refractivity contribution is -0.122. The lowest BCUT2D eigenvalue weighted by Crippen LogP contribution is -2.21. The quantitative estimate of drug-likeness (QED) is 0.882. The molecule has 1 aromatic heterocycles. The molecule has 0 aliphatic carbocycles. The number of carbonyl (C=O) groups excluding carboxylic acids is 2. The highest BCUT2D eigenvalue weighted by atomic mass is 35.5. The third-order valence-electron chi connectivity index (χ3n) is 3.84. The third-order valence-corrected chi connectivity index (χ3v) is 4.17. The van der Waals surface area contributed by atoms with Gasteiger partial charge in [-0.05, 0) is 18.6 Å². The predicted molar refractivity (Wildman–Crippen MR) is 84.7 cm³/mol. The molecule has 22 heavy (non-hydrogen) atoms. The molecule has 3 rings (SSSR count). The molecule has 1 saturated heterocycles. The summed E-state index contributed by atoms with van der Waals surface area (Å²) in [6.45, 7) is 0.648. The Morgan fingerprint density at radius 3 is 2.86 bits per heavy atom. The molecule has 2 heterocycles. The van der Waals surface area contributed by atoms with Crippen molar-refractivity contribution in [3.63, 3.8) is 0 Å². The van der Waals surface area contributed by atoms with Crippen molar-refractivity contribution in [2.45, 2.75) is 12.8 Å². The van der Waals surface area contributed by atoms with E-state index < -0.39 is 0 Å². The second kappa shape index (κ2) is 6.28. The van der Waals surface area contributed by atoms with Crippen LogP contribution in [0.5, 0.6) is 0 Å². The number of aromatic nitrogens is 1. The first-order chi connectivity index (χ1) is 10.6. The molecule has 2 aromatic rings. The first-order valence-corrected chi connectivity index (χ1v) is 7.54. The van der Waals surface area contributed by atoms with Gasteiger partial charge in [-0.15, -0.1) is 0 Å². The molecule has 1 amide bonds. The monoisotopic (exact) mass is 314 g/mol. The molecule has 112 valence electrons. The number of ketones is 1. The second-order valence-electron chi connectivity index (χ2n) is 5.35. The number of rotatable bonds is 4. The van der Waals surface area contributed by atoms with Gasteiger partial charge in [-0.2, -0.15) is 0 Å². The summed E-state index contributed by atoms with van der Waals surface area (Å²) in [4.78, 5) is 28.1. The molecule has 0 radical (unpaired) electrons. The van der Waals surface area contributed by atoms with Gasteiger partial charge in [0.05, 0.1) is 0 Å². The highest BCUT2D eigenvalue weighted by molar-refractivity contribution is 6.33. The summed E-state index contributed by atoms with van der Waals surface area (Å²) in [5.41, 5.74) is 2.15. The molecule has 0 spiro atoms. The number of hydrogen-bond donors (Lipinski definition) is 1. The predicted octanol–water partition coefficient (Wildman–Crippen LogP) is 3.11. The van der Waals surface area contributed by atoms with E-state index in [4.69, 9.17) is 11.6 Å². The lowest BCUT2D eigenvalue weighted by Gasteiger charge is -2.08. The smallest absolute Gasteiger partial charge is 0.223 e. The summed E-state index contributed by atoms with van der Waals surface area (Å²) in [5.74, 6) is -0.330. The molecular formula is C17H15ClN2O2. The van der Waals surface area contributed by atoms with E-state index >= 15 is 0 Å². The van der Waals surface area contributed by atoms with E-state index in [2.05, 4.69) is 10.3 Å². The Labute approximate surface area is 133 Å². The molecule has 1 aliphatic rings. The SMILES string of the molecule is O=C(CC1CCNC1=O)c1cncc(-c2ccccc2Cl)c1. The van der Waals surface area contributed by atoms with Crippen LogP contribution in [-0.2, 0) is 4.79 Å². The van der Waals surface area contributed by atoms with Crippen LogP contribution in [0.4, 0.5) is 0 Å². The minimum atomic E-state index is -0.225. The van der Waals surface area contributed by atoms with Gasteiger partial charge < -0.3 is 5.32 Å². The Balaban J connectivity index is 1.83. The molecule has 1 aliphatic heterocycles. The number of amides is 1. The zero-order valence-electron chi connectivity index (χ0n) is 11.9. The van der Waals surface area contributed by atoms with Crippen LogP contribution in [-0.4, -0.2) is 23.2 Å². The fourth-order valence-corrected chi connectivity index (χ4v) is 2.86. The number of carbonyl (C=O) groups is 2. The Bertz CT molecular complexity index is 730. The van der Waals surface area contributed by atoms with Crippen LogP contribution in [0, 0.1) is 5.92 Å². The van der Waals surface area contributed by atoms with Crippen molar-refractivity contribution < 1.29 is 9.59 Å². The maximum atomic E-state index is 12.4. The summed E-state index contributed by atoms with van der Waals surface area (Å²) in [6.07, 6.45) is 4.15. The van der Waals surface area contributed by atoms with E-state index in [9.17, 15) is 9.59 Å².